The molecule has 1 unspecified atom stereocenters. The highest BCUT2D eigenvalue weighted by atomic mass is 16.5. The van der Waals surface area contributed by atoms with E-state index in [2.05, 4.69) is 5.32 Å². The van der Waals surface area contributed by atoms with E-state index in [1.807, 2.05) is 18.2 Å². The number of aromatic hydroxyl groups is 2. The SMILES string of the molecule is COc1cc(C2(c3ccc(O)cc3)NC(=O)c3ccccc32)ccc1O. The highest BCUT2D eigenvalue weighted by molar-refractivity contribution is 6.01. The summed E-state index contributed by atoms with van der Waals surface area (Å²) in [5.74, 6) is 0.305. The second-order valence-corrected chi connectivity index (χ2v) is 6.18. The lowest BCUT2D eigenvalue weighted by molar-refractivity contribution is 0.0948. The molecule has 26 heavy (non-hydrogen) atoms. The van der Waals surface area contributed by atoms with Crippen LogP contribution in [0.1, 0.15) is 27.0 Å². The van der Waals surface area contributed by atoms with E-state index in [4.69, 9.17) is 4.74 Å². The van der Waals surface area contributed by atoms with E-state index >= 15 is 0 Å². The third kappa shape index (κ3) is 2.21. The van der Waals surface area contributed by atoms with Crippen LogP contribution < -0.4 is 10.1 Å². The van der Waals surface area contributed by atoms with Gasteiger partial charge in [-0.3, -0.25) is 4.79 Å². The van der Waals surface area contributed by atoms with Crippen LogP contribution in [0.4, 0.5) is 0 Å². The first-order valence-electron chi connectivity index (χ1n) is 8.15. The van der Waals surface area contributed by atoms with E-state index in [0.717, 1.165) is 16.7 Å². The van der Waals surface area contributed by atoms with Gasteiger partial charge in [-0.1, -0.05) is 36.4 Å². The zero-order valence-electron chi connectivity index (χ0n) is 14.1. The summed E-state index contributed by atoms with van der Waals surface area (Å²) in [7, 11) is 1.48. The molecule has 0 aromatic heterocycles. The molecule has 1 amide bonds. The van der Waals surface area contributed by atoms with Crippen molar-refractivity contribution >= 4 is 5.91 Å². The fourth-order valence-corrected chi connectivity index (χ4v) is 3.56. The van der Waals surface area contributed by atoms with Crippen LogP contribution in [0, 0.1) is 0 Å². The predicted octanol–water partition coefficient (Wildman–Crippen LogP) is 3.14. The molecule has 0 saturated carbocycles. The lowest BCUT2D eigenvalue weighted by Crippen LogP contribution is -2.41. The minimum Gasteiger partial charge on any atom is -0.508 e. The predicted molar refractivity (Wildman–Crippen MR) is 96.6 cm³/mol. The molecule has 0 radical (unpaired) electrons. The largest absolute Gasteiger partial charge is 0.508 e. The Balaban J connectivity index is 2.04. The van der Waals surface area contributed by atoms with Gasteiger partial charge in [-0.05, 0) is 47.0 Å². The summed E-state index contributed by atoms with van der Waals surface area (Å²) in [5, 5.41) is 22.7. The maximum absolute atomic E-state index is 12.7. The number of phenolic OH excluding ortho intramolecular Hbond substituents is 2. The van der Waals surface area contributed by atoms with Crippen molar-refractivity contribution in [2.75, 3.05) is 7.11 Å². The summed E-state index contributed by atoms with van der Waals surface area (Å²) < 4.78 is 5.26. The Morgan fingerprint density at radius 1 is 0.923 bits per heavy atom. The molecule has 3 N–H and O–H groups in total. The summed E-state index contributed by atoms with van der Waals surface area (Å²) in [6, 6.07) is 19.1. The molecule has 3 aromatic carbocycles. The third-order valence-electron chi connectivity index (χ3n) is 4.79. The average molecular weight is 347 g/mol. The van der Waals surface area contributed by atoms with Crippen LogP contribution >= 0.6 is 0 Å². The Morgan fingerprint density at radius 3 is 2.35 bits per heavy atom. The van der Waals surface area contributed by atoms with Crippen LogP contribution in [-0.2, 0) is 5.54 Å². The lowest BCUT2D eigenvalue weighted by Gasteiger charge is -2.32. The summed E-state index contributed by atoms with van der Waals surface area (Å²) in [4.78, 5) is 12.7. The smallest absolute Gasteiger partial charge is 0.252 e. The summed E-state index contributed by atoms with van der Waals surface area (Å²) in [5.41, 5.74) is 2.00. The molecule has 4 rings (SSSR count). The number of hydrogen-bond acceptors (Lipinski definition) is 4. The fraction of sp³-hybridized carbons (Fsp3) is 0.0952. The lowest BCUT2D eigenvalue weighted by atomic mass is 9.78. The number of carbonyl (C=O) groups is 1. The number of hydrogen-bond donors (Lipinski definition) is 3. The van der Waals surface area contributed by atoms with Gasteiger partial charge in [0.25, 0.3) is 5.91 Å². The van der Waals surface area contributed by atoms with Crippen molar-refractivity contribution in [2.24, 2.45) is 0 Å². The van der Waals surface area contributed by atoms with Gasteiger partial charge in [-0.15, -0.1) is 0 Å². The van der Waals surface area contributed by atoms with E-state index in [1.165, 1.54) is 7.11 Å². The molecule has 0 aliphatic carbocycles. The molecule has 0 spiro atoms. The van der Waals surface area contributed by atoms with Crippen LogP contribution in [0.25, 0.3) is 0 Å². The first-order valence-corrected chi connectivity index (χ1v) is 8.15. The van der Waals surface area contributed by atoms with Crippen molar-refractivity contribution in [1.29, 1.82) is 0 Å². The molecule has 3 aromatic rings. The van der Waals surface area contributed by atoms with Crippen molar-refractivity contribution in [1.82, 2.24) is 5.32 Å². The van der Waals surface area contributed by atoms with E-state index < -0.39 is 5.54 Å². The van der Waals surface area contributed by atoms with Crippen LogP contribution in [-0.4, -0.2) is 23.2 Å². The van der Waals surface area contributed by atoms with E-state index in [-0.39, 0.29) is 17.4 Å². The van der Waals surface area contributed by atoms with Gasteiger partial charge in [0.2, 0.25) is 0 Å². The molecule has 1 aliphatic rings. The number of phenols is 2. The zero-order valence-corrected chi connectivity index (χ0v) is 14.1. The molecular weight excluding hydrogens is 330 g/mol. The third-order valence-corrected chi connectivity index (χ3v) is 4.79. The second kappa shape index (κ2) is 5.81. The number of amides is 1. The Labute approximate surface area is 150 Å². The quantitative estimate of drug-likeness (QED) is 0.680. The molecule has 0 fully saturated rings. The van der Waals surface area contributed by atoms with Gasteiger partial charge in [-0.25, -0.2) is 0 Å². The number of nitrogens with one attached hydrogen (secondary N) is 1. The van der Waals surface area contributed by atoms with Gasteiger partial charge in [0.05, 0.1) is 7.11 Å². The maximum atomic E-state index is 12.7. The Kier molecular flexibility index (Phi) is 3.58. The van der Waals surface area contributed by atoms with Gasteiger partial charge in [0.1, 0.15) is 11.3 Å². The maximum Gasteiger partial charge on any atom is 0.252 e. The molecule has 1 atom stereocenters. The average Bonchev–Trinajstić information content (AvgIpc) is 2.97. The standard InChI is InChI=1S/C21H17NO4/c1-26-19-12-14(8-11-18(19)24)21(13-6-9-15(23)10-7-13)17-5-3-2-4-16(17)20(25)22-21/h2-12,23-24H,1H3,(H,22,25). The number of carbonyl (C=O) groups excluding carboxylic acids is 1. The summed E-state index contributed by atoms with van der Waals surface area (Å²) in [6.45, 7) is 0. The summed E-state index contributed by atoms with van der Waals surface area (Å²) in [6.07, 6.45) is 0. The fourth-order valence-electron chi connectivity index (χ4n) is 3.56. The zero-order chi connectivity index (χ0) is 18.3. The molecule has 5 heteroatoms. The van der Waals surface area contributed by atoms with Gasteiger partial charge < -0.3 is 20.3 Å². The van der Waals surface area contributed by atoms with E-state index in [1.54, 1.807) is 48.5 Å². The molecule has 1 heterocycles. The van der Waals surface area contributed by atoms with Crippen LogP contribution in [0.5, 0.6) is 17.2 Å². The van der Waals surface area contributed by atoms with Gasteiger partial charge in [-0.2, -0.15) is 0 Å². The molecule has 5 nitrogen and oxygen atoms in total. The van der Waals surface area contributed by atoms with Crippen molar-refractivity contribution in [3.8, 4) is 17.2 Å². The number of methoxy groups -OCH3 is 1. The number of ether oxygens (including phenoxy) is 1. The molecule has 0 saturated heterocycles. The summed E-state index contributed by atoms with van der Waals surface area (Å²) >= 11 is 0. The van der Waals surface area contributed by atoms with Crippen LogP contribution in [0.3, 0.4) is 0 Å². The van der Waals surface area contributed by atoms with Gasteiger partial charge in [0.15, 0.2) is 11.5 Å². The Morgan fingerprint density at radius 2 is 1.62 bits per heavy atom. The minimum atomic E-state index is -0.942. The molecule has 130 valence electrons. The van der Waals surface area contributed by atoms with Crippen LogP contribution in [0.15, 0.2) is 66.7 Å². The minimum absolute atomic E-state index is 0.0229. The van der Waals surface area contributed by atoms with Gasteiger partial charge >= 0.3 is 0 Å². The first kappa shape index (κ1) is 16.0. The van der Waals surface area contributed by atoms with Crippen molar-refractivity contribution < 1.29 is 19.7 Å². The van der Waals surface area contributed by atoms with Crippen molar-refractivity contribution in [3.63, 3.8) is 0 Å². The number of rotatable bonds is 3. The normalized spacial score (nSPS) is 18.3. The van der Waals surface area contributed by atoms with Crippen molar-refractivity contribution in [2.45, 2.75) is 5.54 Å². The molecule has 0 bridgehead atoms. The van der Waals surface area contributed by atoms with Gasteiger partial charge in [0, 0.05) is 5.56 Å². The van der Waals surface area contributed by atoms with Crippen LogP contribution in [0.2, 0.25) is 0 Å². The van der Waals surface area contributed by atoms with Crippen molar-refractivity contribution in [3.05, 3.63) is 89.0 Å². The van der Waals surface area contributed by atoms with E-state index in [0.29, 0.717) is 11.3 Å². The monoisotopic (exact) mass is 347 g/mol. The Hall–Kier alpha value is -3.47. The highest BCUT2D eigenvalue weighted by Gasteiger charge is 2.45. The number of benzene rings is 3. The highest BCUT2D eigenvalue weighted by Crippen LogP contribution is 2.44. The number of fused-ring (bicyclic) bond motifs is 1. The Bertz CT molecular complexity index is 997. The van der Waals surface area contributed by atoms with E-state index in [9.17, 15) is 15.0 Å². The molecule has 1 aliphatic heterocycles. The first-order chi connectivity index (χ1) is 12.6. The second-order valence-electron chi connectivity index (χ2n) is 6.18. The topological polar surface area (TPSA) is 78.8 Å². The molecular formula is C21H17NO4.